The molecule has 1 rings (SSSR count). The topological polar surface area (TPSA) is 135 Å². The maximum atomic E-state index is 10.8. The first-order valence-corrected chi connectivity index (χ1v) is 4.27. The first-order valence-electron chi connectivity index (χ1n) is 4.27. The molecule has 9 heteroatoms. The molecule has 90 valence electrons. The van der Waals surface area contributed by atoms with E-state index in [0.29, 0.717) is 0 Å². The fourth-order valence-electron chi connectivity index (χ4n) is 0.854. The predicted molar refractivity (Wildman–Crippen MR) is 53.4 cm³/mol. The molecule has 0 aromatic carbocycles. The highest BCUT2D eigenvalue weighted by atomic mass is 16.6. The summed E-state index contributed by atoms with van der Waals surface area (Å²) in [5.74, 6) is -2.49. The summed E-state index contributed by atoms with van der Waals surface area (Å²) in [6.07, 6.45) is 0.308. The molecule has 0 bridgehead atoms. The van der Waals surface area contributed by atoms with Crippen molar-refractivity contribution in [2.45, 2.75) is 6.42 Å². The fourth-order valence-corrected chi connectivity index (χ4v) is 0.854. The van der Waals surface area contributed by atoms with Gasteiger partial charge in [-0.05, 0) is 6.07 Å². The van der Waals surface area contributed by atoms with Crippen molar-refractivity contribution >= 4 is 24.0 Å². The number of amides is 1. The zero-order chi connectivity index (χ0) is 12.8. The number of rotatable bonds is 5. The van der Waals surface area contributed by atoms with Crippen molar-refractivity contribution < 1.29 is 24.0 Å². The standard InChI is InChI=1S/C8H7N3O6/c12-6(3-8(13)14)10-9-4-5-1-2-7(17-5)11(15)16/h1-2,4H,3H2,(H,10,12)(H,13,14)/b9-4+. The number of carbonyl (C=O) groups is 2. The van der Waals surface area contributed by atoms with Gasteiger partial charge in [-0.1, -0.05) is 0 Å². The van der Waals surface area contributed by atoms with Gasteiger partial charge in [-0.25, -0.2) is 5.43 Å². The Morgan fingerprint density at radius 2 is 2.29 bits per heavy atom. The molecule has 0 radical (unpaired) electrons. The highest BCUT2D eigenvalue weighted by Gasteiger charge is 2.10. The molecule has 0 spiro atoms. The van der Waals surface area contributed by atoms with E-state index >= 15 is 0 Å². The van der Waals surface area contributed by atoms with Gasteiger partial charge in [0.15, 0.2) is 5.76 Å². The largest absolute Gasteiger partial charge is 0.481 e. The summed E-state index contributed by atoms with van der Waals surface area (Å²) < 4.78 is 4.69. The van der Waals surface area contributed by atoms with Crippen LogP contribution in [0.5, 0.6) is 0 Å². The number of nitrogens with zero attached hydrogens (tertiary/aromatic N) is 2. The van der Waals surface area contributed by atoms with Crippen LogP contribution in [0.4, 0.5) is 5.88 Å². The molecule has 0 saturated heterocycles. The van der Waals surface area contributed by atoms with Crippen molar-refractivity contribution in [1.82, 2.24) is 5.43 Å². The minimum atomic E-state index is -1.29. The van der Waals surface area contributed by atoms with Crippen LogP contribution in [0.25, 0.3) is 0 Å². The highest BCUT2D eigenvalue weighted by molar-refractivity contribution is 5.93. The van der Waals surface area contributed by atoms with E-state index in [-0.39, 0.29) is 5.76 Å². The second-order valence-corrected chi connectivity index (χ2v) is 2.80. The summed E-state index contributed by atoms with van der Waals surface area (Å²) in [6.45, 7) is 0. The Morgan fingerprint density at radius 3 is 2.82 bits per heavy atom. The van der Waals surface area contributed by atoms with E-state index in [2.05, 4.69) is 5.10 Å². The van der Waals surface area contributed by atoms with Crippen molar-refractivity contribution in [3.05, 3.63) is 28.0 Å². The molecule has 2 N–H and O–H groups in total. The Hall–Kier alpha value is -2.71. The van der Waals surface area contributed by atoms with Gasteiger partial charge < -0.3 is 9.52 Å². The number of hydrogen-bond acceptors (Lipinski definition) is 6. The van der Waals surface area contributed by atoms with E-state index in [1.165, 1.54) is 6.07 Å². The van der Waals surface area contributed by atoms with Crippen LogP contribution in [0.15, 0.2) is 21.7 Å². The van der Waals surface area contributed by atoms with Crippen LogP contribution in [-0.2, 0) is 9.59 Å². The van der Waals surface area contributed by atoms with E-state index in [4.69, 9.17) is 9.52 Å². The van der Waals surface area contributed by atoms with Crippen LogP contribution in [-0.4, -0.2) is 28.1 Å². The van der Waals surface area contributed by atoms with Crippen molar-refractivity contribution in [2.75, 3.05) is 0 Å². The summed E-state index contributed by atoms with van der Waals surface area (Å²) >= 11 is 0. The number of nitro groups is 1. The molecule has 0 atom stereocenters. The van der Waals surface area contributed by atoms with Gasteiger partial charge in [0.25, 0.3) is 5.91 Å². The van der Waals surface area contributed by atoms with E-state index in [1.807, 2.05) is 5.43 Å². The van der Waals surface area contributed by atoms with Crippen molar-refractivity contribution in [3.8, 4) is 0 Å². The summed E-state index contributed by atoms with van der Waals surface area (Å²) in [5.41, 5.74) is 1.92. The maximum absolute atomic E-state index is 10.8. The normalized spacial score (nSPS) is 10.4. The van der Waals surface area contributed by atoms with Crippen LogP contribution in [0.3, 0.4) is 0 Å². The molecule has 1 aromatic rings. The number of furan rings is 1. The minimum absolute atomic E-state index is 0.0623. The first-order chi connectivity index (χ1) is 7.99. The number of hydrogen-bond donors (Lipinski definition) is 2. The van der Waals surface area contributed by atoms with E-state index in [0.717, 1.165) is 12.3 Å². The van der Waals surface area contributed by atoms with Gasteiger partial charge in [0.2, 0.25) is 0 Å². The highest BCUT2D eigenvalue weighted by Crippen LogP contribution is 2.13. The van der Waals surface area contributed by atoms with Gasteiger partial charge in [0.1, 0.15) is 11.3 Å². The number of carbonyl (C=O) groups excluding carboxylic acids is 1. The molecule has 0 saturated carbocycles. The molecule has 1 aromatic heterocycles. The monoisotopic (exact) mass is 241 g/mol. The van der Waals surface area contributed by atoms with Gasteiger partial charge in [0.05, 0.1) is 12.3 Å². The van der Waals surface area contributed by atoms with Crippen LogP contribution in [0.1, 0.15) is 12.2 Å². The maximum Gasteiger partial charge on any atom is 0.433 e. The number of hydrazone groups is 1. The molecule has 0 aliphatic heterocycles. The van der Waals surface area contributed by atoms with Gasteiger partial charge in [-0.15, -0.1) is 0 Å². The van der Waals surface area contributed by atoms with Gasteiger partial charge in [0, 0.05) is 0 Å². The summed E-state index contributed by atoms with van der Waals surface area (Å²) in [6, 6.07) is 2.41. The Balaban J connectivity index is 2.50. The average molecular weight is 241 g/mol. The second-order valence-electron chi connectivity index (χ2n) is 2.80. The average Bonchev–Trinajstić information content (AvgIpc) is 2.65. The second kappa shape index (κ2) is 5.39. The third-order valence-electron chi connectivity index (χ3n) is 1.49. The molecule has 0 fully saturated rings. The summed E-state index contributed by atoms with van der Waals surface area (Å²) in [7, 11) is 0. The molecule has 0 aliphatic rings. The van der Waals surface area contributed by atoms with E-state index in [9.17, 15) is 19.7 Å². The Labute approximate surface area is 93.9 Å². The molecule has 0 aliphatic carbocycles. The first kappa shape index (κ1) is 12.4. The third kappa shape index (κ3) is 4.11. The van der Waals surface area contributed by atoms with Crippen molar-refractivity contribution in [1.29, 1.82) is 0 Å². The van der Waals surface area contributed by atoms with E-state index in [1.54, 1.807) is 0 Å². The number of aliphatic carboxylic acids is 1. The lowest BCUT2D eigenvalue weighted by Gasteiger charge is -1.93. The molecule has 1 amide bonds. The quantitative estimate of drug-likeness (QED) is 0.325. The van der Waals surface area contributed by atoms with Crippen molar-refractivity contribution in [2.24, 2.45) is 5.10 Å². The molecule has 9 nitrogen and oxygen atoms in total. The molecule has 0 unspecified atom stereocenters. The number of carboxylic acid groups (broad SMARTS) is 1. The van der Waals surface area contributed by atoms with Crippen LogP contribution >= 0.6 is 0 Å². The molecule has 1 heterocycles. The minimum Gasteiger partial charge on any atom is -0.481 e. The lowest BCUT2D eigenvalue weighted by molar-refractivity contribution is -0.402. The molecular weight excluding hydrogens is 234 g/mol. The Morgan fingerprint density at radius 1 is 1.59 bits per heavy atom. The Kier molecular flexibility index (Phi) is 3.92. The van der Waals surface area contributed by atoms with Gasteiger partial charge in [-0.2, -0.15) is 5.10 Å². The smallest absolute Gasteiger partial charge is 0.433 e. The fraction of sp³-hybridized carbons (Fsp3) is 0.125. The van der Waals surface area contributed by atoms with Gasteiger partial charge in [-0.3, -0.25) is 19.7 Å². The van der Waals surface area contributed by atoms with E-state index < -0.39 is 29.1 Å². The number of carboxylic acids is 1. The SMILES string of the molecule is O=C(O)CC(=O)N/N=C/c1ccc([N+](=O)[O-])o1. The third-order valence-corrected chi connectivity index (χ3v) is 1.49. The zero-order valence-corrected chi connectivity index (χ0v) is 8.32. The molecular formula is C8H7N3O6. The van der Waals surface area contributed by atoms with Crippen LogP contribution < -0.4 is 5.43 Å². The lowest BCUT2D eigenvalue weighted by atomic mass is 10.4. The lowest BCUT2D eigenvalue weighted by Crippen LogP contribution is -2.20. The summed E-state index contributed by atoms with van der Waals surface area (Å²) in [4.78, 5) is 30.5. The van der Waals surface area contributed by atoms with Gasteiger partial charge >= 0.3 is 11.9 Å². The molecule has 17 heavy (non-hydrogen) atoms. The Bertz CT molecular complexity index is 477. The van der Waals surface area contributed by atoms with Crippen LogP contribution in [0, 0.1) is 10.1 Å². The zero-order valence-electron chi connectivity index (χ0n) is 8.32. The predicted octanol–water partition coefficient (Wildman–Crippen LogP) is 0.113. The summed E-state index contributed by atoms with van der Waals surface area (Å²) in [5, 5.41) is 21.9. The number of nitrogens with one attached hydrogen (secondary N) is 1. The van der Waals surface area contributed by atoms with Crippen LogP contribution in [0.2, 0.25) is 0 Å². The van der Waals surface area contributed by atoms with Crippen molar-refractivity contribution in [3.63, 3.8) is 0 Å².